The van der Waals surface area contributed by atoms with Crippen LogP contribution in [0.4, 0.5) is 5.69 Å². The molecule has 0 aliphatic heterocycles. The van der Waals surface area contributed by atoms with Crippen molar-refractivity contribution in [3.8, 4) is 0 Å². The maximum atomic E-state index is 13.3. The Balaban J connectivity index is 2.40. The van der Waals surface area contributed by atoms with Gasteiger partial charge in [-0.1, -0.05) is 47.0 Å². The van der Waals surface area contributed by atoms with Gasteiger partial charge in [0.1, 0.15) is 12.6 Å². The van der Waals surface area contributed by atoms with Crippen LogP contribution < -0.4 is 9.62 Å². The first kappa shape index (κ1) is 25.0. The Labute approximate surface area is 193 Å². The number of hydrogen-bond donors (Lipinski definition) is 1. The number of amides is 2. The highest BCUT2D eigenvalue weighted by atomic mass is 35.5. The summed E-state index contributed by atoms with van der Waals surface area (Å²) in [6.45, 7) is 2.99. The van der Waals surface area contributed by atoms with E-state index in [1.165, 1.54) is 11.9 Å². The van der Waals surface area contributed by atoms with Gasteiger partial charge in [0.15, 0.2) is 0 Å². The fraction of sp³-hybridized carbons (Fsp3) is 0.333. The number of nitrogens with zero attached hydrogens (tertiary/aromatic N) is 2. The van der Waals surface area contributed by atoms with Crippen molar-refractivity contribution in [1.29, 1.82) is 0 Å². The smallest absolute Gasteiger partial charge is 0.244 e. The van der Waals surface area contributed by atoms with Gasteiger partial charge in [0.25, 0.3) is 0 Å². The van der Waals surface area contributed by atoms with E-state index in [-0.39, 0.29) is 12.5 Å². The highest BCUT2D eigenvalue weighted by Gasteiger charge is 2.30. The minimum atomic E-state index is -3.76. The molecule has 31 heavy (non-hydrogen) atoms. The lowest BCUT2D eigenvalue weighted by Crippen LogP contribution is -2.50. The summed E-state index contributed by atoms with van der Waals surface area (Å²) in [5, 5.41) is 3.29. The fourth-order valence-corrected chi connectivity index (χ4v) is 4.27. The zero-order valence-corrected chi connectivity index (χ0v) is 20.1. The fourth-order valence-electron chi connectivity index (χ4n) is 2.95. The summed E-state index contributed by atoms with van der Waals surface area (Å²) < 4.78 is 25.9. The quantitative estimate of drug-likeness (QED) is 0.621. The van der Waals surface area contributed by atoms with E-state index in [1.807, 2.05) is 6.92 Å². The highest BCUT2D eigenvalue weighted by molar-refractivity contribution is 7.92. The molecule has 2 aromatic carbocycles. The Bertz CT molecular complexity index is 1060. The number of anilines is 1. The molecule has 1 N–H and O–H groups in total. The Morgan fingerprint density at radius 3 is 2.23 bits per heavy atom. The molecule has 0 spiro atoms. The molecule has 0 fully saturated rings. The largest absolute Gasteiger partial charge is 0.357 e. The van der Waals surface area contributed by atoms with Crippen molar-refractivity contribution in [1.82, 2.24) is 10.2 Å². The summed E-state index contributed by atoms with van der Waals surface area (Å²) in [6, 6.07) is 10.8. The number of hydrogen-bond acceptors (Lipinski definition) is 4. The van der Waals surface area contributed by atoms with Gasteiger partial charge in [-0.15, -0.1) is 0 Å². The molecule has 1 atom stereocenters. The third-order valence-corrected chi connectivity index (χ3v) is 6.50. The molecule has 0 bridgehead atoms. The molecule has 2 aromatic rings. The van der Waals surface area contributed by atoms with E-state index < -0.39 is 28.5 Å². The number of aryl methyl sites for hydroxylation is 1. The molecule has 0 saturated heterocycles. The van der Waals surface area contributed by atoms with Crippen LogP contribution in [-0.4, -0.2) is 51.0 Å². The number of sulfonamides is 1. The molecule has 7 nitrogen and oxygen atoms in total. The van der Waals surface area contributed by atoms with Crippen LogP contribution in [0.2, 0.25) is 10.0 Å². The third-order valence-electron chi connectivity index (χ3n) is 4.77. The minimum Gasteiger partial charge on any atom is -0.357 e. The number of likely N-dealkylation sites (N-methyl/N-ethyl adjacent to an activating group) is 1. The zero-order chi connectivity index (χ0) is 23.3. The number of nitrogens with one attached hydrogen (secondary N) is 1. The second-order valence-corrected chi connectivity index (χ2v) is 9.90. The van der Waals surface area contributed by atoms with Crippen molar-refractivity contribution in [3.05, 3.63) is 63.6 Å². The van der Waals surface area contributed by atoms with Crippen LogP contribution in [0.25, 0.3) is 0 Å². The van der Waals surface area contributed by atoms with E-state index in [9.17, 15) is 18.0 Å². The molecule has 10 heteroatoms. The summed E-state index contributed by atoms with van der Waals surface area (Å²) in [6.07, 6.45) is 1.03. The first-order valence-electron chi connectivity index (χ1n) is 9.43. The van der Waals surface area contributed by atoms with Gasteiger partial charge in [-0.25, -0.2) is 8.42 Å². The van der Waals surface area contributed by atoms with E-state index in [1.54, 1.807) is 49.4 Å². The van der Waals surface area contributed by atoms with E-state index in [4.69, 9.17) is 23.2 Å². The molecule has 0 aromatic heterocycles. The molecule has 2 rings (SSSR count). The number of rotatable bonds is 8. The van der Waals surface area contributed by atoms with Gasteiger partial charge in [0.05, 0.1) is 11.9 Å². The Hall–Kier alpha value is -2.29. The molecule has 2 amide bonds. The molecule has 0 unspecified atom stereocenters. The van der Waals surface area contributed by atoms with Crippen LogP contribution in [-0.2, 0) is 26.2 Å². The van der Waals surface area contributed by atoms with E-state index in [2.05, 4.69) is 5.32 Å². The summed E-state index contributed by atoms with van der Waals surface area (Å²) in [5.41, 5.74) is 1.89. The maximum Gasteiger partial charge on any atom is 0.244 e. The molecule has 168 valence electrons. The number of halogens is 2. The number of carbonyl (C=O) groups excluding carboxylic acids is 2. The van der Waals surface area contributed by atoms with Gasteiger partial charge < -0.3 is 10.2 Å². The van der Waals surface area contributed by atoms with Crippen LogP contribution in [0.15, 0.2) is 42.5 Å². The minimum absolute atomic E-state index is 0.00885. The summed E-state index contributed by atoms with van der Waals surface area (Å²) in [7, 11) is -2.29. The Kier molecular flexibility index (Phi) is 8.34. The second-order valence-electron chi connectivity index (χ2n) is 7.15. The molecule has 0 aliphatic carbocycles. The number of benzene rings is 2. The second kappa shape index (κ2) is 10.3. The van der Waals surface area contributed by atoms with Crippen molar-refractivity contribution in [2.24, 2.45) is 0 Å². The van der Waals surface area contributed by atoms with Crippen LogP contribution in [0.5, 0.6) is 0 Å². The lowest BCUT2D eigenvalue weighted by atomic mass is 10.1. The lowest BCUT2D eigenvalue weighted by Gasteiger charge is -2.31. The van der Waals surface area contributed by atoms with Crippen molar-refractivity contribution in [2.75, 3.05) is 24.2 Å². The average Bonchev–Trinajstić information content (AvgIpc) is 2.70. The summed E-state index contributed by atoms with van der Waals surface area (Å²) in [4.78, 5) is 26.8. The predicted molar refractivity (Wildman–Crippen MR) is 124 cm³/mol. The summed E-state index contributed by atoms with van der Waals surface area (Å²) in [5.74, 6) is -0.937. The highest BCUT2D eigenvalue weighted by Crippen LogP contribution is 2.24. The molecular formula is C21H25Cl2N3O4S. The van der Waals surface area contributed by atoms with Crippen LogP contribution in [0, 0.1) is 6.92 Å². The van der Waals surface area contributed by atoms with Gasteiger partial charge in [0, 0.05) is 23.6 Å². The first-order chi connectivity index (χ1) is 14.4. The number of carbonyl (C=O) groups is 2. The molecule has 0 aliphatic rings. The first-order valence-corrected chi connectivity index (χ1v) is 12.0. The van der Waals surface area contributed by atoms with Gasteiger partial charge in [0.2, 0.25) is 21.8 Å². The maximum absolute atomic E-state index is 13.3. The van der Waals surface area contributed by atoms with Gasteiger partial charge in [-0.2, -0.15) is 0 Å². The topological polar surface area (TPSA) is 86.8 Å². The van der Waals surface area contributed by atoms with E-state index >= 15 is 0 Å². The third kappa shape index (κ3) is 6.59. The van der Waals surface area contributed by atoms with Crippen LogP contribution in [0.1, 0.15) is 18.1 Å². The van der Waals surface area contributed by atoms with Crippen molar-refractivity contribution < 1.29 is 18.0 Å². The van der Waals surface area contributed by atoms with Gasteiger partial charge in [-0.05, 0) is 43.7 Å². The van der Waals surface area contributed by atoms with E-state index in [0.717, 1.165) is 16.1 Å². The van der Waals surface area contributed by atoms with Gasteiger partial charge >= 0.3 is 0 Å². The Morgan fingerprint density at radius 1 is 1.10 bits per heavy atom. The Morgan fingerprint density at radius 2 is 1.71 bits per heavy atom. The lowest BCUT2D eigenvalue weighted by molar-refractivity contribution is -0.139. The molecule has 0 saturated carbocycles. The summed E-state index contributed by atoms with van der Waals surface area (Å²) >= 11 is 12.2. The molecular weight excluding hydrogens is 461 g/mol. The average molecular weight is 486 g/mol. The SMILES string of the molecule is CNC(=O)[C@H](C)N(Cc1ccc(Cl)cc1Cl)C(=O)CN(c1ccc(C)cc1)S(C)(=O)=O. The van der Waals surface area contributed by atoms with Crippen LogP contribution in [0.3, 0.4) is 0 Å². The van der Waals surface area contributed by atoms with E-state index in [0.29, 0.717) is 21.3 Å². The van der Waals surface area contributed by atoms with Crippen molar-refractivity contribution >= 4 is 50.7 Å². The normalized spacial score (nSPS) is 12.2. The monoisotopic (exact) mass is 485 g/mol. The van der Waals surface area contributed by atoms with Crippen molar-refractivity contribution in [2.45, 2.75) is 26.4 Å². The standard InChI is InChI=1S/C21H25Cl2N3O4S/c1-14-5-9-18(10-6-14)26(31(4,29)30)13-20(27)25(15(2)21(28)24-3)12-16-7-8-17(22)11-19(16)23/h5-11,15H,12-13H2,1-4H3,(H,24,28)/t15-/m0/s1. The van der Waals surface area contributed by atoms with Crippen molar-refractivity contribution in [3.63, 3.8) is 0 Å². The molecule has 0 radical (unpaired) electrons. The zero-order valence-electron chi connectivity index (χ0n) is 17.7. The molecule has 0 heterocycles. The predicted octanol–water partition coefficient (Wildman–Crippen LogP) is 3.23. The van der Waals surface area contributed by atoms with Gasteiger partial charge in [-0.3, -0.25) is 13.9 Å². The van der Waals surface area contributed by atoms with Crippen LogP contribution >= 0.6 is 23.2 Å².